The van der Waals surface area contributed by atoms with Crippen molar-refractivity contribution in [1.82, 2.24) is 15.3 Å². The normalized spacial score (nSPS) is 18.1. The first kappa shape index (κ1) is 10.6. The van der Waals surface area contributed by atoms with Crippen molar-refractivity contribution < 1.29 is 5.21 Å². The van der Waals surface area contributed by atoms with Crippen LogP contribution in [-0.4, -0.2) is 46.6 Å². The number of halogens is 1. The van der Waals surface area contributed by atoms with Gasteiger partial charge in [-0.2, -0.15) is 10.2 Å². The molecule has 2 N–H and O–H groups in total. The predicted octanol–water partition coefficient (Wildman–Crippen LogP) is 0.0436. The number of hydrogen-bond donors (Lipinski definition) is 2. The zero-order chi connectivity index (χ0) is 10.8. The summed E-state index contributed by atoms with van der Waals surface area (Å²) in [5.74, 6) is 0. The largest absolute Gasteiger partial charge is 0.366 e. The molecule has 0 radical (unpaired) electrons. The van der Waals surface area contributed by atoms with Gasteiger partial charge in [0.1, 0.15) is 4.47 Å². The molecule has 1 saturated heterocycles. The van der Waals surface area contributed by atoms with Crippen molar-refractivity contribution >= 4 is 21.6 Å². The van der Waals surface area contributed by atoms with E-state index in [-0.39, 0.29) is 5.56 Å². The second-order valence-corrected chi connectivity index (χ2v) is 4.13. The van der Waals surface area contributed by atoms with E-state index in [2.05, 4.69) is 26.1 Å². The molecule has 15 heavy (non-hydrogen) atoms. The van der Waals surface area contributed by atoms with Crippen LogP contribution in [0, 0.1) is 0 Å². The lowest BCUT2D eigenvalue weighted by Gasteiger charge is -2.32. The van der Waals surface area contributed by atoms with Crippen molar-refractivity contribution in [2.45, 2.75) is 0 Å². The summed E-state index contributed by atoms with van der Waals surface area (Å²) in [5, 5.41) is 16.6. The molecule has 0 unspecified atom stereocenters. The van der Waals surface area contributed by atoms with Crippen LogP contribution in [0.4, 0.5) is 5.69 Å². The van der Waals surface area contributed by atoms with Gasteiger partial charge in [0.05, 0.1) is 11.9 Å². The number of hydroxylamine groups is 2. The van der Waals surface area contributed by atoms with Gasteiger partial charge in [0.25, 0.3) is 5.56 Å². The van der Waals surface area contributed by atoms with Gasteiger partial charge in [0, 0.05) is 26.2 Å². The summed E-state index contributed by atoms with van der Waals surface area (Å²) >= 11 is 3.23. The van der Waals surface area contributed by atoms with E-state index < -0.39 is 0 Å². The van der Waals surface area contributed by atoms with Crippen LogP contribution in [0.25, 0.3) is 0 Å². The maximum Gasteiger partial charge on any atom is 0.280 e. The van der Waals surface area contributed by atoms with Gasteiger partial charge in [-0.15, -0.1) is 0 Å². The average molecular weight is 275 g/mol. The Balaban J connectivity index is 2.23. The molecule has 6 nitrogen and oxygen atoms in total. The van der Waals surface area contributed by atoms with Crippen LogP contribution in [0.3, 0.4) is 0 Å². The first-order chi connectivity index (χ1) is 7.18. The second kappa shape index (κ2) is 4.30. The highest BCUT2D eigenvalue weighted by Gasteiger charge is 2.18. The molecule has 0 atom stereocenters. The van der Waals surface area contributed by atoms with Crippen molar-refractivity contribution in [2.75, 3.05) is 31.1 Å². The van der Waals surface area contributed by atoms with Crippen molar-refractivity contribution in [2.24, 2.45) is 0 Å². The summed E-state index contributed by atoms with van der Waals surface area (Å²) in [6, 6.07) is 0. The van der Waals surface area contributed by atoms with E-state index in [4.69, 9.17) is 0 Å². The third-order valence-corrected chi connectivity index (χ3v) is 3.14. The van der Waals surface area contributed by atoms with E-state index in [0.717, 1.165) is 5.69 Å². The zero-order valence-corrected chi connectivity index (χ0v) is 9.57. The van der Waals surface area contributed by atoms with E-state index in [9.17, 15) is 10.0 Å². The first-order valence-corrected chi connectivity index (χ1v) is 5.40. The summed E-state index contributed by atoms with van der Waals surface area (Å²) in [6.07, 6.45) is 1.61. The summed E-state index contributed by atoms with van der Waals surface area (Å²) in [7, 11) is 0. The first-order valence-electron chi connectivity index (χ1n) is 4.60. The Morgan fingerprint density at radius 2 is 2.07 bits per heavy atom. The molecule has 1 aromatic rings. The third-order valence-electron chi connectivity index (χ3n) is 2.37. The lowest BCUT2D eigenvalue weighted by Crippen LogP contribution is -2.45. The zero-order valence-electron chi connectivity index (χ0n) is 7.98. The molecule has 1 fully saturated rings. The molecular formula is C8H11BrN4O2. The quantitative estimate of drug-likeness (QED) is 0.757. The van der Waals surface area contributed by atoms with E-state index >= 15 is 0 Å². The summed E-state index contributed by atoms with van der Waals surface area (Å²) in [6.45, 7) is 2.50. The number of aromatic amines is 1. The molecule has 2 rings (SSSR count). The molecule has 7 heteroatoms. The number of H-pyrrole nitrogens is 1. The van der Waals surface area contributed by atoms with Gasteiger partial charge in [0.2, 0.25) is 0 Å². The Morgan fingerprint density at radius 1 is 1.40 bits per heavy atom. The summed E-state index contributed by atoms with van der Waals surface area (Å²) in [4.78, 5) is 13.3. The van der Waals surface area contributed by atoms with Crippen molar-refractivity contribution in [1.29, 1.82) is 0 Å². The van der Waals surface area contributed by atoms with Crippen LogP contribution in [0.2, 0.25) is 0 Å². The number of nitrogens with zero attached hydrogens (tertiary/aromatic N) is 3. The molecule has 0 aliphatic carbocycles. The van der Waals surface area contributed by atoms with E-state index in [1.807, 2.05) is 4.90 Å². The predicted molar refractivity (Wildman–Crippen MR) is 58.1 cm³/mol. The van der Waals surface area contributed by atoms with Crippen molar-refractivity contribution in [3.8, 4) is 0 Å². The molecule has 82 valence electrons. The maximum absolute atomic E-state index is 11.3. The molecule has 0 saturated carbocycles. The third kappa shape index (κ3) is 2.19. The Morgan fingerprint density at radius 3 is 2.73 bits per heavy atom. The monoisotopic (exact) mass is 274 g/mol. The van der Waals surface area contributed by atoms with Crippen LogP contribution in [0.1, 0.15) is 0 Å². The minimum absolute atomic E-state index is 0.237. The number of rotatable bonds is 1. The number of anilines is 1. The van der Waals surface area contributed by atoms with Crippen molar-refractivity contribution in [3.63, 3.8) is 0 Å². The maximum atomic E-state index is 11.3. The van der Waals surface area contributed by atoms with Gasteiger partial charge < -0.3 is 10.1 Å². The molecular weight excluding hydrogens is 264 g/mol. The average Bonchev–Trinajstić information content (AvgIpc) is 2.24. The van der Waals surface area contributed by atoms with Crippen LogP contribution >= 0.6 is 15.9 Å². The number of piperazine rings is 1. The number of hydrogen-bond acceptors (Lipinski definition) is 5. The summed E-state index contributed by atoms with van der Waals surface area (Å²) in [5.41, 5.74) is 0.533. The van der Waals surface area contributed by atoms with Crippen LogP contribution < -0.4 is 10.5 Å². The van der Waals surface area contributed by atoms with Gasteiger partial charge in [-0.25, -0.2) is 5.10 Å². The van der Waals surface area contributed by atoms with E-state index in [1.54, 1.807) is 6.20 Å². The van der Waals surface area contributed by atoms with Gasteiger partial charge >= 0.3 is 0 Å². The van der Waals surface area contributed by atoms with E-state index in [0.29, 0.717) is 30.7 Å². The molecule has 0 amide bonds. The summed E-state index contributed by atoms with van der Waals surface area (Å²) < 4.78 is 0.490. The number of aromatic nitrogens is 2. The second-order valence-electron chi connectivity index (χ2n) is 3.34. The van der Waals surface area contributed by atoms with Crippen LogP contribution in [0.15, 0.2) is 15.5 Å². The van der Waals surface area contributed by atoms with Gasteiger partial charge in [-0.05, 0) is 15.9 Å². The lowest BCUT2D eigenvalue weighted by molar-refractivity contribution is -0.0935. The standard InChI is InChI=1S/C8H11BrN4O2/c9-7-6(5-10-11-8(7)14)12-1-3-13(15)4-2-12/h5,15H,1-4H2,(H,11,14). The fourth-order valence-electron chi connectivity index (χ4n) is 1.53. The van der Waals surface area contributed by atoms with Crippen molar-refractivity contribution in [3.05, 3.63) is 21.0 Å². The van der Waals surface area contributed by atoms with Gasteiger partial charge in [0.15, 0.2) is 0 Å². The Kier molecular flexibility index (Phi) is 3.03. The number of nitrogens with one attached hydrogen (secondary N) is 1. The van der Waals surface area contributed by atoms with Gasteiger partial charge in [-0.1, -0.05) is 0 Å². The molecule has 0 spiro atoms. The molecule has 1 aliphatic rings. The molecule has 2 heterocycles. The lowest BCUT2D eigenvalue weighted by atomic mass is 10.3. The highest BCUT2D eigenvalue weighted by molar-refractivity contribution is 9.10. The minimum Gasteiger partial charge on any atom is -0.366 e. The fraction of sp³-hybridized carbons (Fsp3) is 0.500. The molecule has 0 aromatic carbocycles. The molecule has 1 aliphatic heterocycles. The molecule has 0 bridgehead atoms. The SMILES string of the molecule is O=c1[nH]ncc(N2CCN(O)CC2)c1Br. The minimum atomic E-state index is -0.237. The Bertz CT molecular complexity index is 400. The van der Waals surface area contributed by atoms with Crippen LogP contribution in [0.5, 0.6) is 0 Å². The van der Waals surface area contributed by atoms with Gasteiger partial charge in [-0.3, -0.25) is 4.79 Å². The fourth-order valence-corrected chi connectivity index (χ4v) is 1.97. The highest BCUT2D eigenvalue weighted by Crippen LogP contribution is 2.21. The topological polar surface area (TPSA) is 72.5 Å². The highest BCUT2D eigenvalue weighted by atomic mass is 79.9. The van der Waals surface area contributed by atoms with Crippen LogP contribution in [-0.2, 0) is 0 Å². The smallest absolute Gasteiger partial charge is 0.280 e. The van der Waals surface area contributed by atoms with E-state index in [1.165, 1.54) is 5.06 Å². The Labute approximate surface area is 94.6 Å². The molecule has 1 aromatic heterocycles. The Hall–Kier alpha value is -0.920.